The average Bonchev–Trinajstić information content (AvgIpc) is 3.47. The molecule has 1 aromatic carbocycles. The largest absolute Gasteiger partial charge is 0.461 e. The van der Waals surface area contributed by atoms with Crippen LogP contribution in [0.4, 0.5) is 0 Å². The Morgan fingerprint density at radius 1 is 1.00 bits per heavy atom. The van der Waals surface area contributed by atoms with Crippen molar-refractivity contribution in [3.8, 4) is 11.6 Å². The van der Waals surface area contributed by atoms with Gasteiger partial charge in [0.15, 0.2) is 16.7 Å². The predicted octanol–water partition coefficient (Wildman–Crippen LogP) is 2.63. The Labute approximate surface area is 178 Å². The summed E-state index contributed by atoms with van der Waals surface area (Å²) in [6.45, 7) is 4.84. The van der Waals surface area contributed by atoms with Crippen LogP contribution in [0.2, 0.25) is 0 Å². The second kappa shape index (κ2) is 9.17. The Bertz CT molecular complexity index is 995. The van der Waals surface area contributed by atoms with Crippen molar-refractivity contribution in [1.82, 2.24) is 24.6 Å². The number of thioether (sulfide) groups is 1. The maximum Gasteiger partial charge on any atom is 0.253 e. The SMILES string of the molecule is CCn1c(SCC(=O)N2CCN(C(=O)c3ccccc3)CC2)nnc1-c1ccco1. The highest BCUT2D eigenvalue weighted by Gasteiger charge is 2.25. The molecule has 1 fully saturated rings. The van der Waals surface area contributed by atoms with Gasteiger partial charge in [0.1, 0.15) is 0 Å². The smallest absolute Gasteiger partial charge is 0.253 e. The van der Waals surface area contributed by atoms with Gasteiger partial charge >= 0.3 is 0 Å². The minimum absolute atomic E-state index is 0.0126. The normalized spacial score (nSPS) is 14.2. The zero-order valence-corrected chi connectivity index (χ0v) is 17.5. The number of carbonyl (C=O) groups excluding carboxylic acids is 2. The number of hydrogen-bond donors (Lipinski definition) is 0. The molecule has 0 N–H and O–H groups in total. The molecule has 1 aliphatic heterocycles. The fraction of sp³-hybridized carbons (Fsp3) is 0.333. The van der Waals surface area contributed by atoms with E-state index in [9.17, 15) is 9.59 Å². The lowest BCUT2D eigenvalue weighted by atomic mass is 10.2. The van der Waals surface area contributed by atoms with E-state index in [1.165, 1.54) is 11.8 Å². The zero-order chi connectivity index (χ0) is 20.9. The van der Waals surface area contributed by atoms with Crippen LogP contribution in [0.5, 0.6) is 0 Å². The molecular weight excluding hydrogens is 402 g/mol. The Kier molecular flexibility index (Phi) is 6.18. The molecule has 30 heavy (non-hydrogen) atoms. The Hall–Kier alpha value is -3.07. The van der Waals surface area contributed by atoms with Gasteiger partial charge in [-0.05, 0) is 31.2 Å². The molecule has 0 radical (unpaired) electrons. The van der Waals surface area contributed by atoms with Gasteiger partial charge in [-0.3, -0.25) is 14.2 Å². The van der Waals surface area contributed by atoms with Crippen LogP contribution in [0.15, 0.2) is 58.3 Å². The van der Waals surface area contributed by atoms with Crippen LogP contribution in [-0.2, 0) is 11.3 Å². The maximum absolute atomic E-state index is 12.7. The monoisotopic (exact) mass is 425 g/mol. The first-order valence-corrected chi connectivity index (χ1v) is 10.9. The number of benzene rings is 1. The predicted molar refractivity (Wildman–Crippen MR) is 113 cm³/mol. The first kappa shape index (κ1) is 20.2. The van der Waals surface area contributed by atoms with Crippen molar-refractivity contribution in [3.63, 3.8) is 0 Å². The number of rotatable bonds is 6. The summed E-state index contributed by atoms with van der Waals surface area (Å²) in [5.41, 5.74) is 0.680. The van der Waals surface area contributed by atoms with Gasteiger partial charge in [-0.2, -0.15) is 0 Å². The molecule has 9 heteroatoms. The van der Waals surface area contributed by atoms with Crippen molar-refractivity contribution in [3.05, 3.63) is 54.3 Å². The zero-order valence-electron chi connectivity index (χ0n) is 16.7. The highest BCUT2D eigenvalue weighted by atomic mass is 32.2. The fourth-order valence-electron chi connectivity index (χ4n) is 3.41. The molecule has 3 heterocycles. The summed E-state index contributed by atoms with van der Waals surface area (Å²) in [7, 11) is 0. The van der Waals surface area contributed by atoms with Crippen molar-refractivity contribution < 1.29 is 14.0 Å². The molecule has 8 nitrogen and oxygen atoms in total. The second-order valence-electron chi connectivity index (χ2n) is 6.86. The molecule has 4 rings (SSSR count). The Morgan fingerprint density at radius 3 is 2.40 bits per heavy atom. The van der Waals surface area contributed by atoms with Gasteiger partial charge < -0.3 is 14.2 Å². The molecule has 3 aromatic rings. The summed E-state index contributed by atoms with van der Waals surface area (Å²) in [6.07, 6.45) is 1.60. The quantitative estimate of drug-likeness (QED) is 0.565. The van der Waals surface area contributed by atoms with Crippen molar-refractivity contribution in [2.75, 3.05) is 31.9 Å². The highest BCUT2D eigenvalue weighted by molar-refractivity contribution is 7.99. The third kappa shape index (κ3) is 4.25. The van der Waals surface area contributed by atoms with E-state index in [-0.39, 0.29) is 17.6 Å². The van der Waals surface area contributed by atoms with Gasteiger partial charge in [-0.1, -0.05) is 30.0 Å². The fourth-order valence-corrected chi connectivity index (χ4v) is 4.31. The Morgan fingerprint density at radius 2 is 1.73 bits per heavy atom. The minimum Gasteiger partial charge on any atom is -0.461 e. The molecule has 0 unspecified atom stereocenters. The van der Waals surface area contributed by atoms with Crippen LogP contribution in [0.1, 0.15) is 17.3 Å². The van der Waals surface area contributed by atoms with Gasteiger partial charge in [0.05, 0.1) is 12.0 Å². The lowest BCUT2D eigenvalue weighted by molar-refractivity contribution is -0.129. The average molecular weight is 426 g/mol. The topological polar surface area (TPSA) is 84.5 Å². The molecule has 0 saturated carbocycles. The van der Waals surface area contributed by atoms with E-state index in [4.69, 9.17) is 4.42 Å². The van der Waals surface area contributed by atoms with Crippen molar-refractivity contribution >= 4 is 23.6 Å². The van der Waals surface area contributed by atoms with E-state index in [0.717, 1.165) is 0 Å². The second-order valence-corrected chi connectivity index (χ2v) is 7.80. The summed E-state index contributed by atoms with van der Waals surface area (Å²) < 4.78 is 7.36. The summed E-state index contributed by atoms with van der Waals surface area (Å²) in [5.74, 6) is 1.64. The van der Waals surface area contributed by atoms with E-state index in [2.05, 4.69) is 10.2 Å². The van der Waals surface area contributed by atoms with Crippen LogP contribution in [0, 0.1) is 0 Å². The van der Waals surface area contributed by atoms with E-state index in [1.807, 2.05) is 58.9 Å². The Balaban J connectivity index is 1.31. The standard InChI is InChI=1S/C21H23N5O3S/c1-2-26-19(17-9-6-14-29-17)22-23-21(26)30-15-18(27)24-10-12-25(13-11-24)20(28)16-7-4-3-5-8-16/h3-9,14H,2,10-13,15H2,1H3. The summed E-state index contributed by atoms with van der Waals surface area (Å²) in [6, 6.07) is 12.9. The molecule has 2 amide bonds. The van der Waals surface area contributed by atoms with Crippen molar-refractivity contribution in [2.45, 2.75) is 18.6 Å². The van der Waals surface area contributed by atoms with Gasteiger partial charge in [0, 0.05) is 38.3 Å². The number of piperazine rings is 1. The minimum atomic E-state index is 0.0126. The highest BCUT2D eigenvalue weighted by Crippen LogP contribution is 2.24. The molecule has 1 saturated heterocycles. The van der Waals surface area contributed by atoms with Crippen LogP contribution < -0.4 is 0 Å². The van der Waals surface area contributed by atoms with E-state index < -0.39 is 0 Å². The maximum atomic E-state index is 12.7. The van der Waals surface area contributed by atoms with E-state index in [1.54, 1.807) is 11.2 Å². The first-order chi connectivity index (χ1) is 14.7. The molecule has 0 atom stereocenters. The van der Waals surface area contributed by atoms with E-state index >= 15 is 0 Å². The first-order valence-electron chi connectivity index (χ1n) is 9.89. The molecule has 1 aliphatic rings. The molecule has 2 aromatic heterocycles. The third-order valence-electron chi connectivity index (χ3n) is 5.04. The molecular formula is C21H23N5O3S. The van der Waals surface area contributed by atoms with Crippen LogP contribution in [0.25, 0.3) is 11.6 Å². The molecule has 156 valence electrons. The van der Waals surface area contributed by atoms with Crippen molar-refractivity contribution in [1.29, 1.82) is 0 Å². The van der Waals surface area contributed by atoms with Gasteiger partial charge in [-0.15, -0.1) is 10.2 Å². The van der Waals surface area contributed by atoms with Crippen LogP contribution in [-0.4, -0.2) is 68.3 Å². The lowest BCUT2D eigenvalue weighted by Gasteiger charge is -2.34. The van der Waals surface area contributed by atoms with Crippen LogP contribution in [0.3, 0.4) is 0 Å². The van der Waals surface area contributed by atoms with Gasteiger partial charge in [0.2, 0.25) is 5.91 Å². The summed E-state index contributed by atoms with van der Waals surface area (Å²) in [4.78, 5) is 28.8. The number of carbonyl (C=O) groups is 2. The van der Waals surface area contributed by atoms with Crippen LogP contribution >= 0.6 is 11.8 Å². The third-order valence-corrected chi connectivity index (χ3v) is 5.99. The van der Waals surface area contributed by atoms with E-state index in [0.29, 0.717) is 55.0 Å². The summed E-state index contributed by atoms with van der Waals surface area (Å²) in [5, 5.41) is 9.12. The number of furan rings is 1. The number of aromatic nitrogens is 3. The lowest BCUT2D eigenvalue weighted by Crippen LogP contribution is -2.51. The van der Waals surface area contributed by atoms with Gasteiger partial charge in [-0.25, -0.2) is 0 Å². The van der Waals surface area contributed by atoms with Crippen molar-refractivity contribution in [2.24, 2.45) is 0 Å². The number of amides is 2. The number of nitrogens with zero attached hydrogens (tertiary/aromatic N) is 5. The number of hydrogen-bond acceptors (Lipinski definition) is 6. The van der Waals surface area contributed by atoms with Gasteiger partial charge in [0.25, 0.3) is 5.91 Å². The molecule has 0 aliphatic carbocycles. The molecule has 0 spiro atoms. The summed E-state index contributed by atoms with van der Waals surface area (Å²) >= 11 is 1.37. The molecule has 0 bridgehead atoms.